The number of phenols is 2. The van der Waals surface area contributed by atoms with Crippen LogP contribution in [0, 0.1) is 0 Å². The first-order chi connectivity index (χ1) is 11.7. The van der Waals surface area contributed by atoms with Crippen LogP contribution in [0.1, 0.15) is 22.8 Å². The van der Waals surface area contributed by atoms with Crippen molar-refractivity contribution in [1.82, 2.24) is 5.43 Å². The van der Waals surface area contributed by atoms with E-state index in [1.807, 2.05) is 0 Å². The van der Waals surface area contributed by atoms with E-state index in [4.69, 9.17) is 0 Å². The number of hydrazone groups is 1. The van der Waals surface area contributed by atoms with Gasteiger partial charge in [0.05, 0.1) is 17.5 Å². The monoisotopic (exact) mass is 363 g/mol. The first kappa shape index (κ1) is 18.3. The minimum Gasteiger partial charge on any atom is -0.508 e. The number of aromatic hydroxyl groups is 2. The zero-order chi connectivity index (χ0) is 18.6. The van der Waals surface area contributed by atoms with Gasteiger partial charge >= 0.3 is 0 Å². The van der Waals surface area contributed by atoms with Gasteiger partial charge in [-0.15, -0.1) is 0 Å². The predicted molar refractivity (Wildman–Crippen MR) is 94.4 cm³/mol. The van der Waals surface area contributed by atoms with Crippen LogP contribution in [0.25, 0.3) is 0 Å². The summed E-state index contributed by atoms with van der Waals surface area (Å²) in [5.41, 5.74) is 3.53. The molecule has 4 N–H and O–H groups in total. The minimum atomic E-state index is -3.40. The molecule has 0 radical (unpaired) electrons. The van der Waals surface area contributed by atoms with Crippen molar-refractivity contribution >= 4 is 27.3 Å². The normalized spacial score (nSPS) is 11.8. The van der Waals surface area contributed by atoms with Crippen LogP contribution >= 0.6 is 0 Å². The number of carbonyl (C=O) groups excluding carboxylic acids is 1. The Balaban J connectivity index is 2.17. The van der Waals surface area contributed by atoms with Crippen LogP contribution in [-0.4, -0.2) is 36.5 Å². The Morgan fingerprint density at radius 1 is 1.12 bits per heavy atom. The van der Waals surface area contributed by atoms with Crippen LogP contribution in [-0.2, 0) is 10.0 Å². The average molecular weight is 363 g/mol. The molecule has 0 aliphatic carbocycles. The number of nitrogens with zero attached hydrogens (tertiary/aromatic N) is 1. The third-order valence-electron chi connectivity index (χ3n) is 3.13. The first-order valence-electron chi connectivity index (χ1n) is 7.10. The van der Waals surface area contributed by atoms with Crippen LogP contribution in [0.15, 0.2) is 47.6 Å². The van der Waals surface area contributed by atoms with Gasteiger partial charge in [-0.05, 0) is 42.8 Å². The molecule has 25 heavy (non-hydrogen) atoms. The summed E-state index contributed by atoms with van der Waals surface area (Å²) in [6.45, 7) is 1.63. The largest absolute Gasteiger partial charge is 0.508 e. The van der Waals surface area contributed by atoms with Crippen molar-refractivity contribution in [3.05, 3.63) is 53.6 Å². The quantitative estimate of drug-likeness (QED) is 0.365. The summed E-state index contributed by atoms with van der Waals surface area (Å²) in [6, 6.07) is 10.1. The van der Waals surface area contributed by atoms with Crippen molar-refractivity contribution in [2.24, 2.45) is 5.10 Å². The van der Waals surface area contributed by atoms with E-state index < -0.39 is 15.9 Å². The Labute approximate surface area is 144 Å². The number of rotatable bonds is 5. The predicted octanol–water partition coefficient (Wildman–Crippen LogP) is 1.62. The molecule has 2 rings (SSSR count). The van der Waals surface area contributed by atoms with Crippen LogP contribution in [0.4, 0.5) is 5.69 Å². The number of carbonyl (C=O) groups is 1. The zero-order valence-electron chi connectivity index (χ0n) is 13.5. The number of anilines is 1. The van der Waals surface area contributed by atoms with E-state index >= 15 is 0 Å². The molecule has 0 spiro atoms. The summed E-state index contributed by atoms with van der Waals surface area (Å²) in [4.78, 5) is 12.0. The van der Waals surface area contributed by atoms with Gasteiger partial charge in [0, 0.05) is 5.69 Å². The molecule has 8 nitrogen and oxygen atoms in total. The lowest BCUT2D eigenvalue weighted by Crippen LogP contribution is -2.19. The van der Waals surface area contributed by atoms with Gasteiger partial charge in [-0.2, -0.15) is 5.10 Å². The summed E-state index contributed by atoms with van der Waals surface area (Å²) in [7, 11) is -3.40. The van der Waals surface area contributed by atoms with Gasteiger partial charge in [-0.3, -0.25) is 9.52 Å². The number of phenolic OH excluding ortho intramolecular Hbond substituents is 2. The molecule has 1 amide bonds. The summed E-state index contributed by atoms with van der Waals surface area (Å²) in [6.07, 6.45) is 1.04. The molecule has 0 aliphatic heterocycles. The Morgan fingerprint density at radius 3 is 2.52 bits per heavy atom. The smallest absolute Gasteiger partial charge is 0.275 e. The van der Waals surface area contributed by atoms with Gasteiger partial charge < -0.3 is 10.2 Å². The second-order valence-corrected chi connectivity index (χ2v) is 7.04. The fourth-order valence-corrected chi connectivity index (χ4v) is 2.54. The van der Waals surface area contributed by atoms with Crippen molar-refractivity contribution < 1.29 is 23.4 Å². The maximum atomic E-state index is 12.0. The van der Waals surface area contributed by atoms with Gasteiger partial charge in [0.15, 0.2) is 0 Å². The molecule has 0 heterocycles. The highest BCUT2D eigenvalue weighted by Crippen LogP contribution is 2.21. The Bertz CT molecular complexity index is 939. The first-order valence-corrected chi connectivity index (χ1v) is 9.00. The van der Waals surface area contributed by atoms with Crippen molar-refractivity contribution in [3.8, 4) is 11.5 Å². The molecule has 2 aromatic rings. The Morgan fingerprint density at radius 2 is 1.84 bits per heavy atom. The van der Waals surface area contributed by atoms with Gasteiger partial charge in [-0.1, -0.05) is 12.1 Å². The molecule has 0 atom stereocenters. The van der Waals surface area contributed by atoms with Gasteiger partial charge in [-0.25, -0.2) is 13.8 Å². The summed E-state index contributed by atoms with van der Waals surface area (Å²) in [5.74, 6) is -1.15. The lowest BCUT2D eigenvalue weighted by atomic mass is 10.1. The zero-order valence-corrected chi connectivity index (χ0v) is 14.3. The van der Waals surface area contributed by atoms with Crippen LogP contribution < -0.4 is 10.1 Å². The molecular formula is C16H17N3O5S. The maximum absolute atomic E-state index is 12.0. The highest BCUT2D eigenvalue weighted by Gasteiger charge is 2.12. The third kappa shape index (κ3) is 5.21. The fourth-order valence-electron chi connectivity index (χ4n) is 1.99. The third-order valence-corrected chi connectivity index (χ3v) is 3.74. The van der Waals surface area contributed by atoms with Crippen molar-refractivity contribution in [2.75, 3.05) is 11.0 Å². The number of hydrogen-bond donors (Lipinski definition) is 4. The van der Waals surface area contributed by atoms with E-state index in [1.54, 1.807) is 31.2 Å². The molecule has 0 fully saturated rings. The fraction of sp³-hybridized carbons (Fsp3) is 0.125. The molecule has 0 aromatic heterocycles. The summed E-state index contributed by atoms with van der Waals surface area (Å²) < 4.78 is 24.9. The topological polar surface area (TPSA) is 128 Å². The van der Waals surface area contributed by atoms with E-state index in [0.29, 0.717) is 17.0 Å². The van der Waals surface area contributed by atoms with Crippen LogP contribution in [0.2, 0.25) is 0 Å². The van der Waals surface area contributed by atoms with E-state index in [9.17, 15) is 23.4 Å². The highest BCUT2D eigenvalue weighted by molar-refractivity contribution is 7.92. The molecule has 0 bridgehead atoms. The number of nitrogens with one attached hydrogen (secondary N) is 2. The molecule has 0 aliphatic rings. The SMILES string of the molecule is CC(=NNC(=O)c1cc(O)ccc1O)c1cccc(NS(C)(=O)=O)c1. The molecule has 132 valence electrons. The van der Waals surface area contributed by atoms with E-state index in [-0.39, 0.29) is 17.1 Å². The Hall–Kier alpha value is -3.07. The minimum absolute atomic E-state index is 0.121. The Kier molecular flexibility index (Phi) is 5.28. The summed E-state index contributed by atoms with van der Waals surface area (Å²) in [5, 5.41) is 23.0. The second kappa shape index (κ2) is 7.22. The van der Waals surface area contributed by atoms with Crippen molar-refractivity contribution in [2.45, 2.75) is 6.92 Å². The molecular weight excluding hydrogens is 346 g/mol. The van der Waals surface area contributed by atoms with Crippen molar-refractivity contribution in [3.63, 3.8) is 0 Å². The standard InChI is InChI=1S/C16H17N3O5S/c1-10(11-4-3-5-12(8-11)19-25(2,23)24)17-18-16(22)14-9-13(20)6-7-15(14)21/h3-9,19-21H,1-2H3,(H,18,22). The van der Waals surface area contributed by atoms with E-state index in [1.165, 1.54) is 12.1 Å². The molecule has 0 unspecified atom stereocenters. The molecule has 0 saturated carbocycles. The molecule has 9 heteroatoms. The number of hydrogen-bond acceptors (Lipinski definition) is 6. The lowest BCUT2D eigenvalue weighted by Gasteiger charge is -2.07. The van der Waals surface area contributed by atoms with Gasteiger partial charge in [0.2, 0.25) is 10.0 Å². The highest BCUT2D eigenvalue weighted by atomic mass is 32.2. The van der Waals surface area contributed by atoms with E-state index in [2.05, 4.69) is 15.2 Å². The number of amides is 1. The van der Waals surface area contributed by atoms with Gasteiger partial charge in [0.25, 0.3) is 5.91 Å². The van der Waals surface area contributed by atoms with E-state index in [0.717, 1.165) is 12.3 Å². The number of sulfonamides is 1. The van der Waals surface area contributed by atoms with Crippen molar-refractivity contribution in [1.29, 1.82) is 0 Å². The van der Waals surface area contributed by atoms with Crippen LogP contribution in [0.5, 0.6) is 11.5 Å². The average Bonchev–Trinajstić information content (AvgIpc) is 2.53. The number of benzene rings is 2. The second-order valence-electron chi connectivity index (χ2n) is 5.29. The molecule has 2 aromatic carbocycles. The molecule has 0 saturated heterocycles. The maximum Gasteiger partial charge on any atom is 0.275 e. The van der Waals surface area contributed by atoms with Crippen LogP contribution in [0.3, 0.4) is 0 Å². The summed E-state index contributed by atoms with van der Waals surface area (Å²) >= 11 is 0. The van der Waals surface area contributed by atoms with Gasteiger partial charge in [0.1, 0.15) is 11.5 Å². The lowest BCUT2D eigenvalue weighted by molar-refractivity contribution is 0.0951.